The van der Waals surface area contributed by atoms with E-state index in [0.717, 1.165) is 15.7 Å². The molecule has 0 bridgehead atoms. The first kappa shape index (κ1) is 12.5. The van der Waals surface area contributed by atoms with Crippen molar-refractivity contribution in [3.05, 3.63) is 64.1 Å². The molecular formula is C13H10BrClFN. The molecule has 0 saturated carbocycles. The van der Waals surface area contributed by atoms with Crippen LogP contribution in [0.3, 0.4) is 0 Å². The van der Waals surface area contributed by atoms with Gasteiger partial charge in [-0.15, -0.1) is 11.6 Å². The Morgan fingerprint density at radius 2 is 2.12 bits per heavy atom. The Morgan fingerprint density at radius 3 is 2.82 bits per heavy atom. The maximum atomic E-state index is 13.2. The summed E-state index contributed by atoms with van der Waals surface area (Å²) in [6.45, 7) is 0. The van der Waals surface area contributed by atoms with Gasteiger partial charge < -0.3 is 0 Å². The average molecular weight is 315 g/mol. The predicted octanol–water partition coefficient (Wildman–Crippen LogP) is 4.51. The largest absolute Gasteiger partial charge is 0.261 e. The molecular weight excluding hydrogens is 305 g/mol. The zero-order chi connectivity index (χ0) is 12.3. The van der Waals surface area contributed by atoms with Gasteiger partial charge in [-0.05, 0) is 35.9 Å². The molecule has 4 heteroatoms. The Morgan fingerprint density at radius 1 is 1.29 bits per heavy atom. The molecule has 2 rings (SSSR count). The number of halogens is 3. The maximum absolute atomic E-state index is 13.2. The van der Waals surface area contributed by atoms with Gasteiger partial charge in [0, 0.05) is 22.8 Å². The fourth-order valence-corrected chi connectivity index (χ4v) is 2.56. The standard InChI is InChI=1S/C13H10BrClFN/c14-12-5-4-9(16)7-11(12)13(15)8-10-3-1-2-6-17-10/h1-7,13H,8H2. The second-order valence-corrected chi connectivity index (χ2v) is 5.04. The number of hydrogen-bond donors (Lipinski definition) is 0. The van der Waals surface area contributed by atoms with Gasteiger partial charge in [0.2, 0.25) is 0 Å². The highest BCUT2D eigenvalue weighted by atomic mass is 79.9. The summed E-state index contributed by atoms with van der Waals surface area (Å²) in [6.07, 6.45) is 2.30. The molecule has 88 valence electrons. The Labute approximate surface area is 113 Å². The zero-order valence-electron chi connectivity index (χ0n) is 8.91. The second kappa shape index (κ2) is 5.61. The molecule has 2 aromatic rings. The molecule has 0 N–H and O–H groups in total. The molecule has 0 fully saturated rings. The number of alkyl halides is 1. The van der Waals surface area contributed by atoms with Crippen LogP contribution < -0.4 is 0 Å². The van der Waals surface area contributed by atoms with E-state index >= 15 is 0 Å². The van der Waals surface area contributed by atoms with Crippen LogP contribution in [0.5, 0.6) is 0 Å². The van der Waals surface area contributed by atoms with E-state index in [0.29, 0.717) is 6.42 Å². The summed E-state index contributed by atoms with van der Waals surface area (Å²) in [7, 11) is 0. The minimum atomic E-state index is -0.296. The predicted molar refractivity (Wildman–Crippen MR) is 70.6 cm³/mol. The molecule has 0 saturated heterocycles. The van der Waals surface area contributed by atoms with Crippen molar-refractivity contribution in [1.29, 1.82) is 0 Å². The molecule has 0 aliphatic carbocycles. The van der Waals surface area contributed by atoms with Crippen LogP contribution in [0, 0.1) is 5.82 Å². The third-order valence-electron chi connectivity index (χ3n) is 2.41. The molecule has 0 aliphatic rings. The molecule has 0 radical (unpaired) electrons. The molecule has 17 heavy (non-hydrogen) atoms. The monoisotopic (exact) mass is 313 g/mol. The first-order chi connectivity index (χ1) is 8.16. The van der Waals surface area contributed by atoms with Crippen molar-refractivity contribution in [3.63, 3.8) is 0 Å². The fourth-order valence-electron chi connectivity index (χ4n) is 1.57. The van der Waals surface area contributed by atoms with Crippen LogP contribution in [0.15, 0.2) is 47.1 Å². The van der Waals surface area contributed by atoms with E-state index < -0.39 is 0 Å². The van der Waals surface area contributed by atoms with Crippen LogP contribution in [-0.2, 0) is 6.42 Å². The molecule has 0 aliphatic heterocycles. The fraction of sp³-hybridized carbons (Fsp3) is 0.154. The van der Waals surface area contributed by atoms with Gasteiger partial charge in [0.15, 0.2) is 0 Å². The van der Waals surface area contributed by atoms with Gasteiger partial charge in [-0.1, -0.05) is 22.0 Å². The van der Waals surface area contributed by atoms with Gasteiger partial charge in [-0.2, -0.15) is 0 Å². The van der Waals surface area contributed by atoms with Crippen LogP contribution in [0.2, 0.25) is 0 Å². The first-order valence-electron chi connectivity index (χ1n) is 5.16. The summed E-state index contributed by atoms with van der Waals surface area (Å²) < 4.78 is 14.0. The van der Waals surface area contributed by atoms with E-state index in [2.05, 4.69) is 20.9 Å². The molecule has 1 heterocycles. The van der Waals surface area contributed by atoms with Gasteiger partial charge in [0.05, 0.1) is 5.38 Å². The quantitative estimate of drug-likeness (QED) is 0.760. The number of aromatic nitrogens is 1. The molecule has 1 atom stereocenters. The number of nitrogens with zero attached hydrogens (tertiary/aromatic N) is 1. The lowest BCUT2D eigenvalue weighted by Gasteiger charge is -2.11. The second-order valence-electron chi connectivity index (χ2n) is 3.66. The van der Waals surface area contributed by atoms with Gasteiger partial charge in [-0.3, -0.25) is 4.98 Å². The van der Waals surface area contributed by atoms with Crippen LogP contribution in [0.4, 0.5) is 4.39 Å². The molecule has 0 spiro atoms. The summed E-state index contributed by atoms with van der Waals surface area (Å²) >= 11 is 9.65. The molecule has 1 aromatic carbocycles. The Hall–Kier alpha value is -0.930. The number of pyridine rings is 1. The SMILES string of the molecule is Fc1ccc(Br)c(C(Cl)Cc2ccccn2)c1. The van der Waals surface area contributed by atoms with E-state index in [1.807, 2.05) is 18.2 Å². The maximum Gasteiger partial charge on any atom is 0.123 e. The number of hydrogen-bond acceptors (Lipinski definition) is 1. The lowest BCUT2D eigenvalue weighted by molar-refractivity contribution is 0.624. The van der Waals surface area contributed by atoms with Gasteiger partial charge in [0.25, 0.3) is 0 Å². The van der Waals surface area contributed by atoms with Gasteiger partial charge in [0.1, 0.15) is 5.82 Å². The lowest BCUT2D eigenvalue weighted by Crippen LogP contribution is -1.99. The van der Waals surface area contributed by atoms with Crippen LogP contribution >= 0.6 is 27.5 Å². The van der Waals surface area contributed by atoms with Crippen molar-refractivity contribution < 1.29 is 4.39 Å². The van der Waals surface area contributed by atoms with Gasteiger partial charge >= 0.3 is 0 Å². The van der Waals surface area contributed by atoms with Crippen molar-refractivity contribution in [2.75, 3.05) is 0 Å². The van der Waals surface area contributed by atoms with Crippen LogP contribution in [-0.4, -0.2) is 4.98 Å². The molecule has 1 nitrogen and oxygen atoms in total. The first-order valence-corrected chi connectivity index (χ1v) is 6.38. The minimum Gasteiger partial charge on any atom is -0.261 e. The normalized spacial score (nSPS) is 12.4. The van der Waals surface area contributed by atoms with E-state index in [-0.39, 0.29) is 11.2 Å². The average Bonchev–Trinajstić information content (AvgIpc) is 2.33. The van der Waals surface area contributed by atoms with Crippen molar-refractivity contribution >= 4 is 27.5 Å². The summed E-state index contributed by atoms with van der Waals surface area (Å²) in [6, 6.07) is 10.2. The zero-order valence-corrected chi connectivity index (χ0v) is 11.2. The number of rotatable bonds is 3. The Kier molecular flexibility index (Phi) is 4.13. The number of benzene rings is 1. The summed E-state index contributed by atoms with van der Waals surface area (Å²) in [4.78, 5) is 4.20. The Balaban J connectivity index is 2.20. The molecule has 1 unspecified atom stereocenters. The van der Waals surface area contributed by atoms with E-state index in [4.69, 9.17) is 11.6 Å². The summed E-state index contributed by atoms with van der Waals surface area (Å²) in [5, 5.41) is -0.296. The van der Waals surface area contributed by atoms with E-state index in [9.17, 15) is 4.39 Å². The van der Waals surface area contributed by atoms with Crippen LogP contribution in [0.1, 0.15) is 16.6 Å². The smallest absolute Gasteiger partial charge is 0.123 e. The van der Waals surface area contributed by atoms with Gasteiger partial charge in [-0.25, -0.2) is 4.39 Å². The third-order valence-corrected chi connectivity index (χ3v) is 3.52. The van der Waals surface area contributed by atoms with Crippen molar-refractivity contribution in [2.45, 2.75) is 11.8 Å². The van der Waals surface area contributed by atoms with Crippen molar-refractivity contribution in [1.82, 2.24) is 4.98 Å². The summed E-state index contributed by atoms with van der Waals surface area (Å²) in [5.41, 5.74) is 1.64. The molecule has 0 amide bonds. The highest BCUT2D eigenvalue weighted by Gasteiger charge is 2.13. The third kappa shape index (κ3) is 3.27. The van der Waals surface area contributed by atoms with Crippen LogP contribution in [0.25, 0.3) is 0 Å². The van der Waals surface area contributed by atoms with E-state index in [1.54, 1.807) is 12.3 Å². The topological polar surface area (TPSA) is 12.9 Å². The highest BCUT2D eigenvalue weighted by Crippen LogP contribution is 2.31. The van der Waals surface area contributed by atoms with E-state index in [1.165, 1.54) is 12.1 Å². The highest BCUT2D eigenvalue weighted by molar-refractivity contribution is 9.10. The van der Waals surface area contributed by atoms with Crippen molar-refractivity contribution in [3.8, 4) is 0 Å². The summed E-state index contributed by atoms with van der Waals surface area (Å²) in [5.74, 6) is -0.283. The molecule has 1 aromatic heterocycles. The minimum absolute atomic E-state index is 0.283. The lowest BCUT2D eigenvalue weighted by atomic mass is 10.1. The Bertz CT molecular complexity index is 504. The van der Waals surface area contributed by atoms with Crippen molar-refractivity contribution in [2.24, 2.45) is 0 Å².